The summed E-state index contributed by atoms with van der Waals surface area (Å²) in [7, 11) is -3.25. The first kappa shape index (κ1) is 18.6. The quantitative estimate of drug-likeness (QED) is 0.829. The molecule has 2 aliphatic rings. The lowest BCUT2D eigenvalue weighted by molar-refractivity contribution is 0.0275. The van der Waals surface area contributed by atoms with Crippen LogP contribution in [0.5, 0.6) is 5.75 Å². The Morgan fingerprint density at radius 2 is 1.76 bits per heavy atom. The normalized spacial score (nSPS) is 25.6. The fourth-order valence-corrected chi connectivity index (χ4v) is 4.27. The summed E-state index contributed by atoms with van der Waals surface area (Å²) in [6.07, 6.45) is 4.10. The molecule has 140 valence electrons. The third-order valence-corrected chi connectivity index (χ3v) is 5.63. The molecule has 2 heterocycles. The smallest absolute Gasteiger partial charge is 0.209 e. The van der Waals surface area contributed by atoms with Gasteiger partial charge in [0.1, 0.15) is 5.75 Å². The molecule has 0 aromatic heterocycles. The molecule has 6 nitrogen and oxygen atoms in total. The third kappa shape index (κ3) is 5.67. The van der Waals surface area contributed by atoms with Gasteiger partial charge in [0, 0.05) is 25.7 Å². The zero-order chi connectivity index (χ0) is 17.7. The van der Waals surface area contributed by atoms with Gasteiger partial charge in [-0.1, -0.05) is 12.1 Å². The molecule has 2 atom stereocenters. The molecule has 0 unspecified atom stereocenters. The number of hydrogen-bond donors (Lipinski definition) is 1. The van der Waals surface area contributed by atoms with E-state index >= 15 is 0 Å². The lowest BCUT2D eigenvalue weighted by Gasteiger charge is -2.31. The summed E-state index contributed by atoms with van der Waals surface area (Å²) in [4.78, 5) is 0. The zero-order valence-corrected chi connectivity index (χ0v) is 15.5. The van der Waals surface area contributed by atoms with Crippen LogP contribution < -0.4 is 9.46 Å². The number of benzene rings is 1. The second-order valence-electron chi connectivity index (χ2n) is 6.89. The summed E-state index contributed by atoms with van der Waals surface area (Å²) in [6.45, 7) is 3.18. The summed E-state index contributed by atoms with van der Waals surface area (Å²) in [5, 5.41) is 0. The Hall–Kier alpha value is -1.15. The van der Waals surface area contributed by atoms with Gasteiger partial charge in [-0.25, -0.2) is 13.1 Å². The van der Waals surface area contributed by atoms with Gasteiger partial charge in [-0.3, -0.25) is 0 Å². The molecule has 1 aromatic rings. The molecule has 2 saturated heterocycles. The molecule has 0 spiro atoms. The molecular formula is C18H27NO5S. The Bertz CT molecular complexity index is 640. The summed E-state index contributed by atoms with van der Waals surface area (Å²) in [5.74, 6) is 1.50. The van der Waals surface area contributed by atoms with Gasteiger partial charge in [-0.05, 0) is 42.9 Å². The molecule has 0 bridgehead atoms. The van der Waals surface area contributed by atoms with Crippen LogP contribution in [-0.4, -0.2) is 53.7 Å². The standard InChI is InChI=1S/C18H27NO5S/c1-25(20,21)19-18-13-23-11-8-16(18)12-24-17-4-2-14(3-5-17)15-6-9-22-10-7-15/h2-5,15-16,18-19H,6-13H2,1H3/t16-,18+/m1/s1. The summed E-state index contributed by atoms with van der Waals surface area (Å²) < 4.78 is 42.4. The minimum absolute atomic E-state index is 0.110. The molecule has 0 saturated carbocycles. The Labute approximate surface area is 149 Å². The highest BCUT2D eigenvalue weighted by atomic mass is 32.2. The summed E-state index contributed by atoms with van der Waals surface area (Å²) >= 11 is 0. The van der Waals surface area contributed by atoms with Crippen LogP contribution in [-0.2, 0) is 19.5 Å². The maximum atomic E-state index is 11.5. The lowest BCUT2D eigenvalue weighted by atomic mass is 9.92. The highest BCUT2D eigenvalue weighted by Gasteiger charge is 2.28. The second-order valence-corrected chi connectivity index (χ2v) is 8.67. The SMILES string of the molecule is CS(=O)(=O)N[C@H]1COCC[C@@H]1COc1ccc(C2CCOCC2)cc1. The average Bonchev–Trinajstić information content (AvgIpc) is 2.61. The van der Waals surface area contributed by atoms with Crippen molar-refractivity contribution in [2.45, 2.75) is 31.2 Å². The van der Waals surface area contributed by atoms with E-state index in [-0.39, 0.29) is 12.0 Å². The molecule has 0 radical (unpaired) electrons. The highest BCUT2D eigenvalue weighted by Crippen LogP contribution is 2.28. The summed E-state index contributed by atoms with van der Waals surface area (Å²) in [5.41, 5.74) is 1.33. The van der Waals surface area contributed by atoms with Gasteiger partial charge in [0.15, 0.2) is 0 Å². The molecule has 25 heavy (non-hydrogen) atoms. The highest BCUT2D eigenvalue weighted by molar-refractivity contribution is 7.88. The van der Waals surface area contributed by atoms with Crippen LogP contribution in [0.25, 0.3) is 0 Å². The predicted octanol–water partition coefficient (Wildman–Crippen LogP) is 1.91. The molecule has 1 aromatic carbocycles. The third-order valence-electron chi connectivity index (χ3n) is 4.90. The molecular weight excluding hydrogens is 342 g/mol. The van der Waals surface area contributed by atoms with E-state index < -0.39 is 10.0 Å². The van der Waals surface area contributed by atoms with Crippen molar-refractivity contribution >= 4 is 10.0 Å². The topological polar surface area (TPSA) is 73.9 Å². The maximum Gasteiger partial charge on any atom is 0.209 e. The van der Waals surface area contributed by atoms with Gasteiger partial charge in [0.2, 0.25) is 10.0 Å². The van der Waals surface area contributed by atoms with Gasteiger partial charge in [-0.2, -0.15) is 0 Å². The van der Waals surface area contributed by atoms with Crippen molar-refractivity contribution in [1.29, 1.82) is 0 Å². The van der Waals surface area contributed by atoms with E-state index in [0.717, 1.165) is 38.2 Å². The van der Waals surface area contributed by atoms with Crippen LogP contribution in [0.4, 0.5) is 0 Å². The first-order valence-corrected chi connectivity index (χ1v) is 10.8. The lowest BCUT2D eigenvalue weighted by Crippen LogP contribution is -2.48. The van der Waals surface area contributed by atoms with Crippen molar-refractivity contribution < 1.29 is 22.6 Å². The van der Waals surface area contributed by atoms with Crippen molar-refractivity contribution in [2.75, 3.05) is 39.3 Å². The van der Waals surface area contributed by atoms with Crippen LogP contribution in [0, 0.1) is 5.92 Å². The maximum absolute atomic E-state index is 11.5. The Kier molecular flexibility index (Phi) is 6.33. The average molecular weight is 369 g/mol. The van der Waals surface area contributed by atoms with E-state index in [2.05, 4.69) is 16.9 Å². The van der Waals surface area contributed by atoms with Gasteiger partial charge in [0.05, 0.1) is 25.5 Å². The van der Waals surface area contributed by atoms with Crippen LogP contribution in [0.1, 0.15) is 30.7 Å². The van der Waals surface area contributed by atoms with Crippen molar-refractivity contribution in [1.82, 2.24) is 4.72 Å². The second kappa shape index (κ2) is 8.49. The van der Waals surface area contributed by atoms with E-state index in [1.54, 1.807) is 0 Å². The molecule has 1 N–H and O–H groups in total. The van der Waals surface area contributed by atoms with E-state index in [4.69, 9.17) is 14.2 Å². The Morgan fingerprint density at radius 1 is 1.08 bits per heavy atom. The van der Waals surface area contributed by atoms with Crippen LogP contribution in [0.15, 0.2) is 24.3 Å². The van der Waals surface area contributed by atoms with Crippen molar-refractivity contribution in [2.24, 2.45) is 5.92 Å². The number of ether oxygens (including phenoxy) is 3. The minimum Gasteiger partial charge on any atom is -0.493 e. The predicted molar refractivity (Wildman–Crippen MR) is 95.4 cm³/mol. The van der Waals surface area contributed by atoms with Crippen LogP contribution in [0.3, 0.4) is 0 Å². The largest absolute Gasteiger partial charge is 0.493 e. The number of sulfonamides is 1. The number of rotatable bonds is 6. The van der Waals surface area contributed by atoms with E-state index in [9.17, 15) is 8.42 Å². The summed E-state index contributed by atoms with van der Waals surface area (Å²) in [6, 6.07) is 8.03. The minimum atomic E-state index is -3.25. The monoisotopic (exact) mass is 369 g/mol. The Balaban J connectivity index is 1.54. The Morgan fingerprint density at radius 3 is 2.44 bits per heavy atom. The van der Waals surface area contributed by atoms with Crippen LogP contribution in [0.2, 0.25) is 0 Å². The number of hydrogen-bond acceptors (Lipinski definition) is 5. The molecule has 2 fully saturated rings. The first-order chi connectivity index (χ1) is 12.0. The first-order valence-electron chi connectivity index (χ1n) is 8.87. The molecule has 2 aliphatic heterocycles. The number of nitrogens with one attached hydrogen (secondary N) is 1. The van der Waals surface area contributed by atoms with Crippen LogP contribution >= 0.6 is 0 Å². The molecule has 0 amide bonds. The van der Waals surface area contributed by atoms with Gasteiger partial charge in [-0.15, -0.1) is 0 Å². The van der Waals surface area contributed by atoms with E-state index in [1.165, 1.54) is 11.8 Å². The molecule has 3 rings (SSSR count). The fraction of sp³-hybridized carbons (Fsp3) is 0.667. The van der Waals surface area contributed by atoms with Gasteiger partial charge >= 0.3 is 0 Å². The molecule has 0 aliphatic carbocycles. The molecule has 7 heteroatoms. The van der Waals surface area contributed by atoms with Gasteiger partial charge in [0.25, 0.3) is 0 Å². The van der Waals surface area contributed by atoms with Gasteiger partial charge < -0.3 is 14.2 Å². The van der Waals surface area contributed by atoms with Crippen molar-refractivity contribution in [3.63, 3.8) is 0 Å². The fourth-order valence-electron chi connectivity index (χ4n) is 3.46. The van der Waals surface area contributed by atoms with E-state index in [1.807, 2.05) is 12.1 Å². The van der Waals surface area contributed by atoms with Crippen molar-refractivity contribution in [3.8, 4) is 5.75 Å². The van der Waals surface area contributed by atoms with E-state index in [0.29, 0.717) is 25.7 Å². The van der Waals surface area contributed by atoms with Crippen molar-refractivity contribution in [3.05, 3.63) is 29.8 Å². The zero-order valence-electron chi connectivity index (χ0n) is 14.6.